The summed E-state index contributed by atoms with van der Waals surface area (Å²) in [5, 5.41) is 17.9. The number of rotatable bonds is 4. The molecule has 0 unspecified atom stereocenters. The number of carboxylic acids is 1. The molecule has 1 heterocycles. The summed E-state index contributed by atoms with van der Waals surface area (Å²) in [6.45, 7) is 4.34. The van der Waals surface area contributed by atoms with E-state index in [1.165, 1.54) is 4.90 Å². The Labute approximate surface area is 129 Å². The lowest BCUT2D eigenvalue weighted by Gasteiger charge is -2.28. The second-order valence-corrected chi connectivity index (χ2v) is 6.10. The predicted molar refractivity (Wildman–Crippen MR) is 75.8 cm³/mol. The summed E-state index contributed by atoms with van der Waals surface area (Å²) in [4.78, 5) is 37.3. The van der Waals surface area contributed by atoms with Crippen LogP contribution in [0, 0.1) is 11.3 Å². The monoisotopic (exact) mass is 311 g/mol. The van der Waals surface area contributed by atoms with Gasteiger partial charge >= 0.3 is 12.1 Å². The third-order valence-corrected chi connectivity index (χ3v) is 3.03. The number of carbonyl (C=O) groups excluding carboxylic acids is 2. The Morgan fingerprint density at radius 1 is 1.36 bits per heavy atom. The van der Waals surface area contributed by atoms with Crippen molar-refractivity contribution in [2.45, 2.75) is 45.3 Å². The van der Waals surface area contributed by atoms with Crippen LogP contribution in [0.15, 0.2) is 0 Å². The van der Waals surface area contributed by atoms with Crippen LogP contribution in [0.5, 0.6) is 0 Å². The Hall–Kier alpha value is -2.30. The van der Waals surface area contributed by atoms with E-state index in [0.29, 0.717) is 13.0 Å². The van der Waals surface area contributed by atoms with Crippen LogP contribution in [0.3, 0.4) is 0 Å². The number of nitrogens with zero attached hydrogens (tertiary/aromatic N) is 3. The minimum Gasteiger partial charge on any atom is -0.480 e. The minimum atomic E-state index is -1.24. The molecule has 0 saturated carbocycles. The summed E-state index contributed by atoms with van der Waals surface area (Å²) in [6.07, 6.45) is 0.444. The van der Waals surface area contributed by atoms with E-state index in [0.717, 1.165) is 11.3 Å². The first-order valence-electron chi connectivity index (χ1n) is 7.03. The zero-order valence-electron chi connectivity index (χ0n) is 13.0. The van der Waals surface area contributed by atoms with Crippen molar-refractivity contribution < 1.29 is 24.2 Å². The van der Waals surface area contributed by atoms with Gasteiger partial charge in [0.2, 0.25) is 5.91 Å². The molecular weight excluding hydrogens is 290 g/mol. The maximum atomic E-state index is 12.2. The molecular formula is C14H21N3O5. The molecule has 1 saturated heterocycles. The smallest absolute Gasteiger partial charge is 0.411 e. The molecule has 22 heavy (non-hydrogen) atoms. The van der Waals surface area contributed by atoms with Gasteiger partial charge in [-0.25, -0.2) is 4.79 Å². The number of aliphatic carboxylic acids is 1. The summed E-state index contributed by atoms with van der Waals surface area (Å²) in [7, 11) is 0. The fourth-order valence-corrected chi connectivity index (χ4v) is 2.13. The lowest BCUT2D eigenvalue weighted by Crippen LogP contribution is -2.47. The molecule has 1 rings (SSSR count). The lowest BCUT2D eigenvalue weighted by molar-refractivity contribution is -0.139. The Morgan fingerprint density at radius 3 is 2.50 bits per heavy atom. The first kappa shape index (κ1) is 17.8. The summed E-state index contributed by atoms with van der Waals surface area (Å²) >= 11 is 0. The molecule has 1 aliphatic heterocycles. The lowest BCUT2D eigenvalue weighted by atomic mass is 10.2. The zero-order valence-corrected chi connectivity index (χ0v) is 13.0. The second kappa shape index (κ2) is 7.11. The van der Waals surface area contributed by atoms with Gasteiger partial charge in [0.05, 0.1) is 6.07 Å². The summed E-state index contributed by atoms with van der Waals surface area (Å²) in [5.74, 6) is -1.69. The standard InChI is InChI=1S/C14H21N3O5/c1-14(2,3)22-13(21)16(9-12(19)20)8-11(18)17-6-4-5-10(17)7-15/h10H,4-6,8-9H2,1-3H3,(H,19,20)/t10-/m0/s1. The maximum absolute atomic E-state index is 12.2. The Bertz CT molecular complexity index is 492. The highest BCUT2D eigenvalue weighted by Gasteiger charge is 2.32. The van der Waals surface area contributed by atoms with E-state index >= 15 is 0 Å². The van der Waals surface area contributed by atoms with Gasteiger partial charge < -0.3 is 14.7 Å². The van der Waals surface area contributed by atoms with Crippen LogP contribution < -0.4 is 0 Å². The highest BCUT2D eigenvalue weighted by atomic mass is 16.6. The van der Waals surface area contributed by atoms with E-state index in [1.54, 1.807) is 20.8 Å². The van der Waals surface area contributed by atoms with E-state index in [9.17, 15) is 14.4 Å². The molecule has 1 aliphatic rings. The molecule has 1 N–H and O–H groups in total. The average Bonchev–Trinajstić information content (AvgIpc) is 2.83. The van der Waals surface area contributed by atoms with E-state index in [1.807, 2.05) is 6.07 Å². The molecule has 1 fully saturated rings. The number of ether oxygens (including phenoxy) is 1. The number of nitriles is 1. The third kappa shape index (κ3) is 5.24. The normalized spacial score (nSPS) is 17.7. The molecule has 8 heteroatoms. The number of carboxylic acid groups (broad SMARTS) is 1. The predicted octanol–water partition coefficient (Wildman–Crippen LogP) is 0.823. The van der Waals surface area contributed by atoms with Crippen LogP contribution >= 0.6 is 0 Å². The molecule has 0 aromatic carbocycles. The van der Waals surface area contributed by atoms with Gasteiger partial charge in [-0.3, -0.25) is 14.5 Å². The van der Waals surface area contributed by atoms with Gasteiger partial charge in [0, 0.05) is 6.54 Å². The van der Waals surface area contributed by atoms with E-state index in [4.69, 9.17) is 15.1 Å². The SMILES string of the molecule is CC(C)(C)OC(=O)N(CC(=O)O)CC(=O)N1CCC[C@H]1C#N. The Kier molecular flexibility index (Phi) is 5.74. The van der Waals surface area contributed by atoms with Crippen LogP contribution in [0.4, 0.5) is 4.79 Å². The molecule has 0 aromatic rings. The largest absolute Gasteiger partial charge is 0.480 e. The first-order chi connectivity index (χ1) is 10.1. The number of hydrogen-bond donors (Lipinski definition) is 1. The van der Waals surface area contributed by atoms with Crippen molar-refractivity contribution in [1.29, 1.82) is 5.26 Å². The molecule has 122 valence electrons. The van der Waals surface area contributed by atoms with Gasteiger partial charge in [-0.1, -0.05) is 0 Å². The van der Waals surface area contributed by atoms with E-state index in [2.05, 4.69) is 0 Å². The van der Waals surface area contributed by atoms with Crippen molar-refractivity contribution >= 4 is 18.0 Å². The molecule has 1 atom stereocenters. The average molecular weight is 311 g/mol. The summed E-state index contributed by atoms with van der Waals surface area (Å²) < 4.78 is 5.11. The van der Waals surface area contributed by atoms with Crippen LogP contribution in [-0.2, 0) is 14.3 Å². The molecule has 2 amide bonds. The van der Waals surface area contributed by atoms with Gasteiger partial charge in [-0.2, -0.15) is 5.26 Å². The zero-order chi connectivity index (χ0) is 16.9. The van der Waals surface area contributed by atoms with Crippen LogP contribution in [0.1, 0.15) is 33.6 Å². The highest BCUT2D eigenvalue weighted by molar-refractivity contribution is 5.85. The third-order valence-electron chi connectivity index (χ3n) is 3.03. The maximum Gasteiger partial charge on any atom is 0.411 e. The summed E-state index contributed by atoms with van der Waals surface area (Å²) in [6, 6.07) is 1.51. The fraction of sp³-hybridized carbons (Fsp3) is 0.714. The van der Waals surface area contributed by atoms with Crippen molar-refractivity contribution in [3.63, 3.8) is 0 Å². The van der Waals surface area contributed by atoms with Crippen LogP contribution in [0.2, 0.25) is 0 Å². The van der Waals surface area contributed by atoms with E-state index < -0.39 is 42.7 Å². The van der Waals surface area contributed by atoms with Crippen LogP contribution in [-0.4, -0.2) is 64.2 Å². The van der Waals surface area contributed by atoms with Crippen LogP contribution in [0.25, 0.3) is 0 Å². The fourth-order valence-electron chi connectivity index (χ4n) is 2.13. The molecule has 0 radical (unpaired) electrons. The minimum absolute atomic E-state index is 0.417. The van der Waals surface area contributed by atoms with Crippen molar-refractivity contribution in [3.05, 3.63) is 0 Å². The van der Waals surface area contributed by atoms with Crippen molar-refractivity contribution in [1.82, 2.24) is 9.80 Å². The van der Waals surface area contributed by atoms with Gasteiger partial charge in [0.15, 0.2) is 0 Å². The molecule has 0 bridgehead atoms. The van der Waals surface area contributed by atoms with Crippen molar-refractivity contribution in [3.8, 4) is 6.07 Å². The molecule has 0 aliphatic carbocycles. The van der Waals surface area contributed by atoms with Gasteiger partial charge in [0.25, 0.3) is 0 Å². The summed E-state index contributed by atoms with van der Waals surface area (Å²) in [5.41, 5.74) is -0.792. The van der Waals surface area contributed by atoms with Gasteiger partial charge in [0.1, 0.15) is 24.7 Å². The molecule has 0 aromatic heterocycles. The number of likely N-dealkylation sites (tertiary alicyclic amines) is 1. The first-order valence-corrected chi connectivity index (χ1v) is 7.03. The van der Waals surface area contributed by atoms with E-state index in [-0.39, 0.29) is 0 Å². The highest BCUT2D eigenvalue weighted by Crippen LogP contribution is 2.17. The van der Waals surface area contributed by atoms with Crippen molar-refractivity contribution in [2.24, 2.45) is 0 Å². The van der Waals surface area contributed by atoms with Crippen molar-refractivity contribution in [2.75, 3.05) is 19.6 Å². The van der Waals surface area contributed by atoms with Gasteiger partial charge in [-0.05, 0) is 33.6 Å². The second-order valence-electron chi connectivity index (χ2n) is 6.10. The number of hydrogen-bond acceptors (Lipinski definition) is 5. The topological polar surface area (TPSA) is 111 Å². The number of carbonyl (C=O) groups is 3. The van der Waals surface area contributed by atoms with Gasteiger partial charge in [-0.15, -0.1) is 0 Å². The molecule has 8 nitrogen and oxygen atoms in total. The Balaban J connectivity index is 2.76. The number of amides is 2. The quantitative estimate of drug-likeness (QED) is 0.823. The molecule has 0 spiro atoms. The Morgan fingerprint density at radius 2 is 2.00 bits per heavy atom.